The van der Waals surface area contributed by atoms with Crippen molar-refractivity contribution in [3.8, 4) is 5.69 Å². The molecule has 4 aromatic carbocycles. The van der Waals surface area contributed by atoms with Crippen molar-refractivity contribution in [2.24, 2.45) is 0 Å². The third kappa shape index (κ3) is 7.68. The molecule has 0 aliphatic rings. The third-order valence-corrected chi connectivity index (χ3v) is 8.84. The maximum Gasteiger partial charge on any atom is 0.338 e. The molecule has 0 saturated carbocycles. The van der Waals surface area contributed by atoms with E-state index < -0.39 is 34.1 Å². The summed E-state index contributed by atoms with van der Waals surface area (Å²) in [6.45, 7) is 4.68. The van der Waals surface area contributed by atoms with E-state index in [1.54, 1.807) is 57.2 Å². The van der Waals surface area contributed by atoms with Gasteiger partial charge < -0.3 is 14.0 Å². The van der Waals surface area contributed by atoms with E-state index in [1.165, 1.54) is 18.2 Å². The van der Waals surface area contributed by atoms with Crippen molar-refractivity contribution in [3.05, 3.63) is 124 Å². The average molecular weight is 666 g/mol. The molecule has 0 aliphatic carbocycles. The summed E-state index contributed by atoms with van der Waals surface area (Å²) in [5, 5.41) is 0.965. The number of nitrogens with zero attached hydrogens (tertiary/aromatic N) is 2. The number of hydrogen-bond acceptors (Lipinski definition) is 6. The molecular formula is C34H30Cl2N2O6S. The number of carbonyl (C=O) groups excluding carboxylic acids is 2. The summed E-state index contributed by atoms with van der Waals surface area (Å²) >= 11 is 12.2. The second-order valence-electron chi connectivity index (χ2n) is 11.2. The highest BCUT2D eigenvalue weighted by atomic mass is 35.5. The summed E-state index contributed by atoms with van der Waals surface area (Å²) in [5.41, 5.74) is 2.13. The van der Waals surface area contributed by atoms with Gasteiger partial charge in [-0.15, -0.1) is 0 Å². The first-order valence-electron chi connectivity index (χ1n) is 13.9. The van der Waals surface area contributed by atoms with Crippen molar-refractivity contribution < 1.29 is 27.5 Å². The number of esters is 2. The summed E-state index contributed by atoms with van der Waals surface area (Å²) in [7, 11) is -4.30. The first-order chi connectivity index (χ1) is 21.3. The Morgan fingerprint density at radius 3 is 2.24 bits per heavy atom. The minimum atomic E-state index is -4.30. The van der Waals surface area contributed by atoms with Crippen molar-refractivity contribution in [2.45, 2.75) is 37.9 Å². The van der Waals surface area contributed by atoms with Crippen molar-refractivity contribution in [1.82, 2.24) is 4.57 Å². The van der Waals surface area contributed by atoms with E-state index in [9.17, 15) is 18.0 Å². The van der Waals surface area contributed by atoms with Gasteiger partial charge in [0.1, 0.15) is 18.8 Å². The maximum absolute atomic E-state index is 13.9. The Balaban J connectivity index is 1.47. The standard InChI is InChI=1S/C34H30Cl2N2O6S/c1-34(2,3)44-32(39)21-38(45(41,42)30-19-26(35)18-27(36)20-30)29-12-13-31-24(16-29)14-15-37(31)28-11-7-10-25(17-28)33(40)43-22-23-8-5-4-6-9-23/h4-20H,21-22H2,1-3H3. The Bertz CT molecular complexity index is 1970. The molecular weight excluding hydrogens is 635 g/mol. The van der Waals surface area contributed by atoms with Crippen LogP contribution in [-0.2, 0) is 30.9 Å². The molecule has 0 aliphatic heterocycles. The van der Waals surface area contributed by atoms with E-state index in [4.69, 9.17) is 32.7 Å². The van der Waals surface area contributed by atoms with Crippen LogP contribution in [0.5, 0.6) is 0 Å². The summed E-state index contributed by atoms with van der Waals surface area (Å²) in [5.74, 6) is -1.18. The second-order valence-corrected chi connectivity index (χ2v) is 14.0. The molecule has 11 heteroatoms. The van der Waals surface area contributed by atoms with E-state index in [1.807, 2.05) is 53.2 Å². The molecule has 0 fully saturated rings. The van der Waals surface area contributed by atoms with Gasteiger partial charge in [-0.1, -0.05) is 59.6 Å². The fourth-order valence-corrected chi connectivity index (χ4v) is 6.84. The van der Waals surface area contributed by atoms with E-state index in [-0.39, 0.29) is 27.2 Å². The van der Waals surface area contributed by atoms with Crippen LogP contribution in [0.2, 0.25) is 10.0 Å². The minimum absolute atomic E-state index is 0.136. The van der Waals surface area contributed by atoms with Gasteiger partial charge in [-0.3, -0.25) is 9.10 Å². The van der Waals surface area contributed by atoms with Gasteiger partial charge in [0.15, 0.2) is 0 Å². The van der Waals surface area contributed by atoms with Crippen molar-refractivity contribution >= 4 is 61.8 Å². The number of benzene rings is 4. The summed E-state index contributed by atoms with van der Waals surface area (Å²) in [6, 6.07) is 27.2. The van der Waals surface area contributed by atoms with Crippen LogP contribution in [0.25, 0.3) is 16.6 Å². The van der Waals surface area contributed by atoms with E-state index in [0.717, 1.165) is 15.4 Å². The summed E-state index contributed by atoms with van der Waals surface area (Å²) < 4.78 is 41.6. The molecule has 0 radical (unpaired) electrons. The van der Waals surface area contributed by atoms with Gasteiger partial charge in [0, 0.05) is 27.3 Å². The monoisotopic (exact) mass is 664 g/mol. The SMILES string of the molecule is CC(C)(C)OC(=O)CN(c1ccc2c(ccn2-c2cccc(C(=O)OCc3ccccc3)c2)c1)S(=O)(=O)c1cc(Cl)cc(Cl)c1. The van der Waals surface area contributed by atoms with Gasteiger partial charge in [0.05, 0.1) is 21.7 Å². The first-order valence-corrected chi connectivity index (χ1v) is 16.1. The van der Waals surface area contributed by atoms with Crippen LogP contribution < -0.4 is 4.31 Å². The van der Waals surface area contributed by atoms with E-state index >= 15 is 0 Å². The van der Waals surface area contributed by atoms with Crippen LogP contribution in [0.3, 0.4) is 0 Å². The van der Waals surface area contributed by atoms with Crippen LogP contribution in [0.1, 0.15) is 36.7 Å². The first kappa shape index (κ1) is 32.1. The number of aromatic nitrogens is 1. The molecule has 0 spiro atoms. The Kier molecular flexibility index (Phi) is 9.25. The molecule has 0 atom stereocenters. The molecule has 0 amide bonds. The lowest BCUT2D eigenvalue weighted by Gasteiger charge is -2.26. The minimum Gasteiger partial charge on any atom is -0.459 e. The molecule has 0 N–H and O–H groups in total. The second kappa shape index (κ2) is 13.0. The number of anilines is 1. The molecule has 1 aromatic heterocycles. The molecule has 1 heterocycles. The van der Waals surface area contributed by atoms with Crippen molar-refractivity contribution in [3.63, 3.8) is 0 Å². The lowest BCUT2D eigenvalue weighted by molar-refractivity contribution is -0.152. The number of halogens is 2. The Morgan fingerprint density at radius 2 is 1.56 bits per heavy atom. The fraction of sp³-hybridized carbons (Fsp3) is 0.176. The van der Waals surface area contributed by atoms with Crippen molar-refractivity contribution in [2.75, 3.05) is 10.8 Å². The van der Waals surface area contributed by atoms with E-state index in [0.29, 0.717) is 16.6 Å². The van der Waals surface area contributed by atoms with E-state index in [2.05, 4.69) is 0 Å². The zero-order valence-corrected chi connectivity index (χ0v) is 27.1. The number of sulfonamides is 1. The Labute approximate surface area is 271 Å². The lowest BCUT2D eigenvalue weighted by Crippen LogP contribution is -2.39. The van der Waals surface area contributed by atoms with Crippen LogP contribution >= 0.6 is 23.2 Å². The van der Waals surface area contributed by atoms with Crippen LogP contribution in [0, 0.1) is 0 Å². The maximum atomic E-state index is 13.9. The highest BCUT2D eigenvalue weighted by Gasteiger charge is 2.30. The largest absolute Gasteiger partial charge is 0.459 e. The highest BCUT2D eigenvalue weighted by molar-refractivity contribution is 7.92. The normalized spacial score (nSPS) is 11.8. The molecule has 0 bridgehead atoms. The van der Waals surface area contributed by atoms with Crippen molar-refractivity contribution in [1.29, 1.82) is 0 Å². The van der Waals surface area contributed by atoms with Gasteiger partial charge >= 0.3 is 11.9 Å². The average Bonchev–Trinajstić information content (AvgIpc) is 3.41. The fourth-order valence-electron chi connectivity index (χ4n) is 4.71. The Morgan fingerprint density at radius 1 is 0.844 bits per heavy atom. The molecule has 45 heavy (non-hydrogen) atoms. The van der Waals surface area contributed by atoms with Crippen LogP contribution in [0.15, 0.2) is 108 Å². The molecule has 5 rings (SSSR count). The van der Waals surface area contributed by atoms with Gasteiger partial charge in [0.2, 0.25) is 0 Å². The van der Waals surface area contributed by atoms with Crippen LogP contribution in [-0.4, -0.2) is 37.1 Å². The van der Waals surface area contributed by atoms with Gasteiger partial charge in [-0.25, -0.2) is 13.2 Å². The summed E-state index contributed by atoms with van der Waals surface area (Å²) in [6.07, 6.45) is 1.81. The summed E-state index contributed by atoms with van der Waals surface area (Å²) in [4.78, 5) is 25.5. The molecule has 0 unspecified atom stereocenters. The quantitative estimate of drug-likeness (QED) is 0.149. The number of hydrogen-bond donors (Lipinski definition) is 0. The predicted molar refractivity (Wildman–Crippen MR) is 176 cm³/mol. The molecule has 232 valence electrons. The smallest absolute Gasteiger partial charge is 0.338 e. The van der Waals surface area contributed by atoms with Gasteiger partial charge in [-0.2, -0.15) is 0 Å². The molecule has 5 aromatic rings. The van der Waals surface area contributed by atoms with Crippen LogP contribution in [0.4, 0.5) is 5.69 Å². The topological polar surface area (TPSA) is 94.9 Å². The highest BCUT2D eigenvalue weighted by Crippen LogP contribution is 2.32. The lowest BCUT2D eigenvalue weighted by atomic mass is 10.2. The number of fused-ring (bicyclic) bond motifs is 1. The molecule has 8 nitrogen and oxygen atoms in total. The number of ether oxygens (including phenoxy) is 2. The predicted octanol–water partition coefficient (Wildman–Crippen LogP) is 7.83. The zero-order valence-electron chi connectivity index (χ0n) is 24.7. The van der Waals surface area contributed by atoms with Gasteiger partial charge in [-0.05, 0) is 87.0 Å². The Hall–Kier alpha value is -4.31. The molecule has 0 saturated heterocycles. The number of rotatable bonds is 9. The number of carbonyl (C=O) groups is 2. The van der Waals surface area contributed by atoms with Gasteiger partial charge in [0.25, 0.3) is 10.0 Å². The third-order valence-electron chi connectivity index (χ3n) is 6.65. The zero-order chi connectivity index (χ0) is 32.4.